The van der Waals surface area contributed by atoms with Crippen LogP contribution >= 0.6 is 11.8 Å². The number of hydrogen-bond acceptors (Lipinski definition) is 4. The van der Waals surface area contributed by atoms with E-state index in [2.05, 4.69) is 0 Å². The van der Waals surface area contributed by atoms with Gasteiger partial charge in [-0.3, -0.25) is 4.79 Å². The zero-order chi connectivity index (χ0) is 10.1. The van der Waals surface area contributed by atoms with Gasteiger partial charge in [0.15, 0.2) is 0 Å². The van der Waals surface area contributed by atoms with Crippen LogP contribution in [0.5, 0.6) is 0 Å². The largest absolute Gasteiger partial charge is 0.459 e. The third kappa shape index (κ3) is 3.19. The molecular weight excluding hydrogens is 188 g/mol. The SMILES string of the molecule is CC(C)(C)OC(=O)C1SCCC1O. The number of esters is 1. The van der Waals surface area contributed by atoms with Gasteiger partial charge in [0, 0.05) is 0 Å². The van der Waals surface area contributed by atoms with E-state index >= 15 is 0 Å². The van der Waals surface area contributed by atoms with E-state index in [-0.39, 0.29) is 11.2 Å². The molecule has 1 N–H and O–H groups in total. The van der Waals surface area contributed by atoms with Crippen molar-refractivity contribution in [3.8, 4) is 0 Å². The summed E-state index contributed by atoms with van der Waals surface area (Å²) in [5.74, 6) is 0.549. The molecule has 0 bridgehead atoms. The first-order chi connectivity index (χ1) is 5.90. The maximum Gasteiger partial charge on any atom is 0.322 e. The Kier molecular flexibility index (Phi) is 3.24. The molecule has 76 valence electrons. The molecule has 1 heterocycles. The molecule has 0 aromatic carbocycles. The number of ether oxygens (including phenoxy) is 1. The average molecular weight is 204 g/mol. The van der Waals surface area contributed by atoms with Crippen molar-refractivity contribution in [2.45, 2.75) is 44.1 Å². The van der Waals surface area contributed by atoms with Crippen LogP contribution in [0.3, 0.4) is 0 Å². The summed E-state index contributed by atoms with van der Waals surface area (Å²) < 4.78 is 5.17. The molecule has 0 saturated carbocycles. The fraction of sp³-hybridized carbons (Fsp3) is 0.889. The predicted molar refractivity (Wildman–Crippen MR) is 52.7 cm³/mol. The molecule has 2 unspecified atom stereocenters. The van der Waals surface area contributed by atoms with Crippen LogP contribution in [-0.2, 0) is 9.53 Å². The van der Waals surface area contributed by atoms with Crippen LogP contribution < -0.4 is 0 Å². The van der Waals surface area contributed by atoms with Gasteiger partial charge in [0.05, 0.1) is 6.10 Å². The molecule has 0 aromatic rings. The molecule has 3 nitrogen and oxygen atoms in total. The molecule has 13 heavy (non-hydrogen) atoms. The first-order valence-electron chi connectivity index (χ1n) is 4.43. The van der Waals surface area contributed by atoms with Crippen molar-refractivity contribution in [2.24, 2.45) is 0 Å². The number of carbonyl (C=O) groups excluding carboxylic acids is 1. The average Bonchev–Trinajstić information content (AvgIpc) is 2.30. The van der Waals surface area contributed by atoms with Gasteiger partial charge in [-0.25, -0.2) is 0 Å². The van der Waals surface area contributed by atoms with Crippen LogP contribution in [-0.4, -0.2) is 33.8 Å². The Bertz CT molecular complexity index is 198. The van der Waals surface area contributed by atoms with Crippen molar-refractivity contribution in [1.29, 1.82) is 0 Å². The Morgan fingerprint density at radius 2 is 2.15 bits per heavy atom. The van der Waals surface area contributed by atoms with E-state index in [1.807, 2.05) is 20.8 Å². The van der Waals surface area contributed by atoms with Gasteiger partial charge in [0.25, 0.3) is 0 Å². The van der Waals surface area contributed by atoms with Gasteiger partial charge in [-0.2, -0.15) is 0 Å². The van der Waals surface area contributed by atoms with Gasteiger partial charge in [-0.15, -0.1) is 11.8 Å². The predicted octanol–water partition coefficient (Wildman–Crippen LogP) is 1.19. The summed E-state index contributed by atoms with van der Waals surface area (Å²) in [6, 6.07) is 0. The number of thioether (sulfide) groups is 1. The molecule has 0 aromatic heterocycles. The summed E-state index contributed by atoms with van der Waals surface area (Å²) in [4.78, 5) is 11.5. The number of aliphatic hydroxyl groups is 1. The zero-order valence-corrected chi connectivity index (χ0v) is 9.06. The number of hydrogen-bond donors (Lipinski definition) is 1. The molecule has 0 amide bonds. The van der Waals surface area contributed by atoms with Gasteiger partial charge in [0.2, 0.25) is 0 Å². The molecule has 1 fully saturated rings. The Balaban J connectivity index is 2.48. The lowest BCUT2D eigenvalue weighted by atomic mass is 10.1. The van der Waals surface area contributed by atoms with E-state index in [0.29, 0.717) is 6.42 Å². The fourth-order valence-corrected chi connectivity index (χ4v) is 2.34. The minimum absolute atomic E-state index is 0.289. The van der Waals surface area contributed by atoms with Crippen molar-refractivity contribution >= 4 is 17.7 Å². The Labute approximate surface area is 82.8 Å². The highest BCUT2D eigenvalue weighted by Gasteiger charge is 2.35. The van der Waals surface area contributed by atoms with Crippen molar-refractivity contribution in [2.75, 3.05) is 5.75 Å². The second-order valence-corrected chi connectivity index (χ2v) is 5.43. The molecule has 0 radical (unpaired) electrons. The van der Waals surface area contributed by atoms with Gasteiger partial charge in [-0.05, 0) is 32.9 Å². The lowest BCUT2D eigenvalue weighted by molar-refractivity contribution is -0.155. The van der Waals surface area contributed by atoms with Crippen molar-refractivity contribution in [3.05, 3.63) is 0 Å². The lowest BCUT2D eigenvalue weighted by Gasteiger charge is -2.22. The van der Waals surface area contributed by atoms with Crippen LogP contribution in [0, 0.1) is 0 Å². The molecule has 1 rings (SSSR count). The van der Waals surface area contributed by atoms with Crippen LogP contribution in [0.2, 0.25) is 0 Å². The molecular formula is C9H16O3S. The second-order valence-electron chi connectivity index (χ2n) is 4.18. The molecule has 0 spiro atoms. The number of carbonyl (C=O) groups is 1. The minimum Gasteiger partial charge on any atom is -0.459 e. The Morgan fingerprint density at radius 1 is 1.54 bits per heavy atom. The van der Waals surface area contributed by atoms with Crippen LogP contribution in [0.1, 0.15) is 27.2 Å². The van der Waals surface area contributed by atoms with Gasteiger partial charge in [0.1, 0.15) is 10.9 Å². The molecule has 1 aliphatic rings. The van der Waals surface area contributed by atoms with E-state index in [4.69, 9.17) is 4.74 Å². The topological polar surface area (TPSA) is 46.5 Å². The summed E-state index contributed by atoms with van der Waals surface area (Å²) in [5.41, 5.74) is -0.458. The van der Waals surface area contributed by atoms with Crippen LogP contribution in [0.4, 0.5) is 0 Å². The standard InChI is InChI=1S/C9H16O3S/c1-9(2,3)12-8(11)7-6(10)4-5-13-7/h6-7,10H,4-5H2,1-3H3. The van der Waals surface area contributed by atoms with Crippen molar-refractivity contribution < 1.29 is 14.6 Å². The Morgan fingerprint density at radius 3 is 2.54 bits per heavy atom. The highest BCUT2D eigenvalue weighted by molar-refractivity contribution is 8.00. The molecule has 0 aliphatic carbocycles. The van der Waals surface area contributed by atoms with Gasteiger partial charge in [-0.1, -0.05) is 0 Å². The van der Waals surface area contributed by atoms with E-state index in [9.17, 15) is 9.90 Å². The highest BCUT2D eigenvalue weighted by atomic mass is 32.2. The fourth-order valence-electron chi connectivity index (χ4n) is 1.16. The summed E-state index contributed by atoms with van der Waals surface area (Å²) in [6.07, 6.45) is 0.161. The van der Waals surface area contributed by atoms with E-state index in [1.54, 1.807) is 0 Å². The summed E-state index contributed by atoms with van der Waals surface area (Å²) in [6.45, 7) is 5.49. The van der Waals surface area contributed by atoms with Gasteiger partial charge >= 0.3 is 5.97 Å². The minimum atomic E-state index is -0.528. The van der Waals surface area contributed by atoms with Gasteiger partial charge < -0.3 is 9.84 Å². The lowest BCUT2D eigenvalue weighted by Crippen LogP contribution is -2.34. The molecule has 2 atom stereocenters. The summed E-state index contributed by atoms with van der Waals surface area (Å²) in [5, 5.41) is 9.06. The zero-order valence-electron chi connectivity index (χ0n) is 8.24. The molecule has 1 saturated heterocycles. The van der Waals surface area contributed by atoms with E-state index in [1.165, 1.54) is 11.8 Å². The van der Waals surface area contributed by atoms with Crippen LogP contribution in [0.15, 0.2) is 0 Å². The third-order valence-electron chi connectivity index (χ3n) is 1.70. The number of rotatable bonds is 1. The smallest absolute Gasteiger partial charge is 0.322 e. The van der Waals surface area contributed by atoms with Crippen molar-refractivity contribution in [1.82, 2.24) is 0 Å². The van der Waals surface area contributed by atoms with E-state index in [0.717, 1.165) is 5.75 Å². The maximum atomic E-state index is 11.5. The monoisotopic (exact) mass is 204 g/mol. The normalized spacial score (nSPS) is 28.9. The molecule has 1 aliphatic heterocycles. The van der Waals surface area contributed by atoms with E-state index < -0.39 is 11.7 Å². The number of aliphatic hydroxyl groups excluding tert-OH is 1. The third-order valence-corrected chi connectivity index (χ3v) is 3.04. The summed E-state index contributed by atoms with van der Waals surface area (Å²) in [7, 11) is 0. The molecule has 4 heteroatoms. The van der Waals surface area contributed by atoms with Crippen molar-refractivity contribution in [3.63, 3.8) is 0 Å². The van der Waals surface area contributed by atoms with Crippen LogP contribution in [0.25, 0.3) is 0 Å². The first kappa shape index (κ1) is 10.9. The quantitative estimate of drug-likeness (QED) is 0.652. The second kappa shape index (κ2) is 3.88. The summed E-state index contributed by atoms with van der Waals surface area (Å²) >= 11 is 1.47. The maximum absolute atomic E-state index is 11.5. The highest BCUT2D eigenvalue weighted by Crippen LogP contribution is 2.28. The Hall–Kier alpha value is -0.220. The first-order valence-corrected chi connectivity index (χ1v) is 5.47.